The number of carbonyl (C=O) groups excluding carboxylic acids is 1. The summed E-state index contributed by atoms with van der Waals surface area (Å²) in [5.41, 5.74) is 2.96. The van der Waals surface area contributed by atoms with Crippen LogP contribution in [0.1, 0.15) is 92.3 Å². The molecule has 0 amide bonds. The number of amidine groups is 1. The van der Waals surface area contributed by atoms with Crippen LogP contribution in [-0.4, -0.2) is 23.5 Å². The zero-order chi connectivity index (χ0) is 32.8. The van der Waals surface area contributed by atoms with Gasteiger partial charge in [0.05, 0.1) is 12.0 Å². The second kappa shape index (κ2) is 26.6. The molecule has 0 bridgehead atoms. The number of benzene rings is 2. The first kappa shape index (κ1) is 45.6. The van der Waals surface area contributed by atoms with Crippen molar-refractivity contribution in [2.75, 3.05) is 5.32 Å². The molecule has 2 aromatic carbocycles. The van der Waals surface area contributed by atoms with Gasteiger partial charge in [-0.25, -0.2) is 13.8 Å². The van der Waals surface area contributed by atoms with E-state index in [0.717, 1.165) is 5.71 Å². The van der Waals surface area contributed by atoms with Crippen LogP contribution >= 0.6 is 11.6 Å². The van der Waals surface area contributed by atoms with Crippen LogP contribution in [0.5, 0.6) is 0 Å². The Morgan fingerprint density at radius 1 is 1.12 bits per heavy atom. The molecule has 2 rings (SSSR count). The molecule has 0 spiro atoms. The number of rotatable bonds is 8. The van der Waals surface area contributed by atoms with Crippen LogP contribution in [0.4, 0.5) is 14.5 Å². The maximum atomic E-state index is 14.2. The van der Waals surface area contributed by atoms with Crippen LogP contribution < -0.4 is 56.7 Å². The monoisotopic (exact) mass is 639 g/mol. The maximum Gasteiger partial charge on any atom is 1.00 e. The standard InChI is InChI=1S/C23H21ClF2N3O.C5H11N.C4H9.C2H6.K/c1-5-10-27-23(29-18-8-7-17(13-30)20(24)11-18)16(4)28-12-15(3)19-9-6-14(2)21(25)22(19)26;1-4(2)5(3)6;1-3-4-2;1-2;/h5-12H,1-4H3,(H,27,29);4,6H,1-3H3;3H,4H2,1-2H3;1-2H3;/q-1;;-1;;+1/b10-5-,15-12+,28-16?;;;;. The van der Waals surface area contributed by atoms with E-state index in [9.17, 15) is 13.6 Å². The average molecular weight is 640 g/mol. The number of hydrogen-bond acceptors (Lipinski definition) is 4. The molecular weight excluding hydrogens is 593 g/mol. The molecule has 0 aliphatic heterocycles. The van der Waals surface area contributed by atoms with Gasteiger partial charge in [-0.05, 0) is 51.7 Å². The fraction of sp³-hybridized carbons (Fsp3) is 0.382. The zero-order valence-electron chi connectivity index (χ0n) is 27.9. The minimum atomic E-state index is -0.903. The number of nitrogens with one attached hydrogen (secondary N) is 2. The Hall–Kier alpha value is -1.81. The second-order valence-corrected chi connectivity index (χ2v) is 9.53. The smallest absolute Gasteiger partial charge is 0.376 e. The number of hydrogen-bond donors (Lipinski definition) is 2. The van der Waals surface area contributed by atoms with Gasteiger partial charge in [0.2, 0.25) is 0 Å². The Kier molecular flexibility index (Phi) is 28.2. The van der Waals surface area contributed by atoms with Gasteiger partial charge in [0.15, 0.2) is 17.5 Å². The molecule has 0 saturated carbocycles. The summed E-state index contributed by atoms with van der Waals surface area (Å²) in [6, 6.07) is 7.81. The molecule has 0 atom stereocenters. The van der Waals surface area contributed by atoms with Gasteiger partial charge < -0.3 is 21.9 Å². The fourth-order valence-corrected chi connectivity index (χ4v) is 2.67. The van der Waals surface area contributed by atoms with E-state index in [-0.39, 0.29) is 73.1 Å². The molecule has 2 N–H and O–H groups in total. The van der Waals surface area contributed by atoms with Gasteiger partial charge >= 0.3 is 51.4 Å². The van der Waals surface area contributed by atoms with E-state index in [1.165, 1.54) is 37.7 Å². The van der Waals surface area contributed by atoms with E-state index in [2.05, 4.69) is 35.6 Å². The van der Waals surface area contributed by atoms with Gasteiger partial charge in [-0.3, -0.25) is 4.99 Å². The Labute approximate surface area is 306 Å². The summed E-state index contributed by atoms with van der Waals surface area (Å²) in [5, 5.41) is 10.3. The Morgan fingerprint density at radius 3 is 2.12 bits per heavy atom. The van der Waals surface area contributed by atoms with E-state index < -0.39 is 11.6 Å². The van der Waals surface area contributed by atoms with Gasteiger partial charge in [0, 0.05) is 29.4 Å². The summed E-state index contributed by atoms with van der Waals surface area (Å²) in [5.74, 6) is -0.915. The first-order chi connectivity index (χ1) is 19.8. The summed E-state index contributed by atoms with van der Waals surface area (Å²) < 4.78 is 28.0. The zero-order valence-corrected chi connectivity index (χ0v) is 31.8. The largest absolute Gasteiger partial charge is 1.00 e. The number of aliphatic imine (C=N–C) groups is 2. The van der Waals surface area contributed by atoms with Crippen LogP contribution in [0.3, 0.4) is 0 Å². The van der Waals surface area contributed by atoms with E-state index >= 15 is 0 Å². The van der Waals surface area contributed by atoms with E-state index in [1.54, 1.807) is 44.5 Å². The molecular formula is C34H47ClF2KN4O-. The number of aryl methyl sites for hydroxylation is 1. The molecule has 0 radical (unpaired) electrons. The number of halogens is 3. The van der Waals surface area contributed by atoms with E-state index in [1.807, 2.05) is 41.5 Å². The molecule has 5 nitrogen and oxygen atoms in total. The average Bonchev–Trinajstić information content (AvgIpc) is 2.98. The summed E-state index contributed by atoms with van der Waals surface area (Å²) in [4.78, 5) is 19.5. The van der Waals surface area contributed by atoms with Gasteiger partial charge in [-0.1, -0.05) is 70.0 Å². The van der Waals surface area contributed by atoms with Crippen LogP contribution in [0.2, 0.25) is 5.02 Å². The van der Waals surface area contributed by atoms with Crippen LogP contribution in [0.15, 0.2) is 58.8 Å². The van der Waals surface area contributed by atoms with E-state index in [4.69, 9.17) is 17.0 Å². The van der Waals surface area contributed by atoms with Crippen molar-refractivity contribution in [1.29, 1.82) is 5.41 Å². The van der Waals surface area contributed by atoms with Crippen molar-refractivity contribution in [2.45, 2.75) is 82.6 Å². The summed E-state index contributed by atoms with van der Waals surface area (Å²) >= 11 is 6.04. The molecule has 0 heterocycles. The normalized spacial score (nSPS) is 11.3. The van der Waals surface area contributed by atoms with Crippen molar-refractivity contribution in [3.05, 3.63) is 88.6 Å². The maximum absolute atomic E-state index is 14.2. The molecule has 43 heavy (non-hydrogen) atoms. The first-order valence-corrected chi connectivity index (χ1v) is 14.3. The third kappa shape index (κ3) is 18.6. The van der Waals surface area contributed by atoms with Gasteiger partial charge in [0.25, 0.3) is 0 Å². The van der Waals surface area contributed by atoms with Crippen LogP contribution in [-0.2, 0) is 4.79 Å². The van der Waals surface area contributed by atoms with Gasteiger partial charge in [-0.15, -0.1) is 5.56 Å². The van der Waals surface area contributed by atoms with E-state index in [0.29, 0.717) is 28.7 Å². The van der Waals surface area contributed by atoms with Crippen molar-refractivity contribution in [3.63, 3.8) is 0 Å². The SMILES string of the molecule is C/C=C\N=C(Nc1ccc([C-]=O)c(Cl)c1)C(C)=N/C=C(\C)c1ccc(C)c(F)c1F.CC.CC(=N)C(C)C.C[CH-]CC.[K+]. The molecule has 0 aliphatic carbocycles. The number of anilines is 1. The number of nitrogens with zero attached hydrogens (tertiary/aromatic N) is 2. The van der Waals surface area contributed by atoms with Crippen molar-refractivity contribution in [1.82, 2.24) is 0 Å². The van der Waals surface area contributed by atoms with Crippen molar-refractivity contribution in [3.8, 4) is 0 Å². The topological polar surface area (TPSA) is 77.7 Å². The molecule has 232 valence electrons. The molecule has 0 aromatic heterocycles. The molecule has 0 fully saturated rings. The Balaban J connectivity index is -0.00000105. The fourth-order valence-electron chi connectivity index (χ4n) is 2.45. The molecule has 0 saturated heterocycles. The minimum Gasteiger partial charge on any atom is -0.376 e. The van der Waals surface area contributed by atoms with Crippen molar-refractivity contribution >= 4 is 46.4 Å². The Morgan fingerprint density at radius 2 is 1.67 bits per heavy atom. The third-order valence-electron chi connectivity index (χ3n) is 5.46. The van der Waals surface area contributed by atoms with Crippen molar-refractivity contribution in [2.24, 2.45) is 15.9 Å². The molecule has 0 unspecified atom stereocenters. The summed E-state index contributed by atoms with van der Waals surface area (Å²) in [7, 11) is 0. The Bertz CT molecular complexity index is 1250. The predicted molar refractivity (Wildman–Crippen MR) is 180 cm³/mol. The summed E-state index contributed by atoms with van der Waals surface area (Å²) in [6.45, 7) is 20.7. The van der Waals surface area contributed by atoms with Crippen molar-refractivity contribution < 1.29 is 65.0 Å². The second-order valence-electron chi connectivity index (χ2n) is 9.12. The minimum absolute atomic E-state index is 0. The number of unbranched alkanes of at least 4 members (excludes halogenated alkanes) is 1. The molecule has 2 aromatic rings. The van der Waals surface area contributed by atoms with Crippen LogP contribution in [0.25, 0.3) is 5.57 Å². The van der Waals surface area contributed by atoms with Gasteiger partial charge in [-0.2, -0.15) is 31.0 Å². The first-order valence-electron chi connectivity index (χ1n) is 14.0. The number of allylic oxidation sites excluding steroid dienone is 2. The molecule has 9 heteroatoms. The quantitative estimate of drug-likeness (QED) is 0.135. The predicted octanol–water partition coefficient (Wildman–Crippen LogP) is 7.58. The van der Waals surface area contributed by atoms with Crippen LogP contribution in [0, 0.1) is 36.3 Å². The summed E-state index contributed by atoms with van der Waals surface area (Å²) in [6.07, 6.45) is 9.86. The molecule has 0 aliphatic rings. The van der Waals surface area contributed by atoms with Gasteiger partial charge in [0.1, 0.15) is 0 Å². The third-order valence-corrected chi connectivity index (χ3v) is 5.78.